The van der Waals surface area contributed by atoms with Crippen molar-refractivity contribution in [1.29, 1.82) is 0 Å². The molecule has 0 fully saturated rings. The Morgan fingerprint density at radius 1 is 1.12 bits per heavy atom. The van der Waals surface area contributed by atoms with E-state index in [-0.39, 0.29) is 17.5 Å². The van der Waals surface area contributed by atoms with Crippen LogP contribution in [0.5, 0.6) is 11.5 Å². The summed E-state index contributed by atoms with van der Waals surface area (Å²) in [7, 11) is -3.75. The molecule has 2 aromatic rings. The minimum atomic E-state index is -3.75. The number of rotatable bonds is 5. The number of Topliss-reactive ketones (excluding diaryl/α,β-unsaturated/α-hetero) is 1. The molecule has 1 atom stereocenters. The summed E-state index contributed by atoms with van der Waals surface area (Å²) in [6.07, 6.45) is 0. The largest absolute Gasteiger partial charge is 0.454 e. The Hall–Kier alpha value is -2.38. The van der Waals surface area contributed by atoms with Gasteiger partial charge in [0.1, 0.15) is 0 Å². The van der Waals surface area contributed by atoms with E-state index in [0.29, 0.717) is 17.1 Å². The second-order valence-corrected chi connectivity index (χ2v) is 7.25. The van der Waals surface area contributed by atoms with Gasteiger partial charge in [-0.25, -0.2) is 13.1 Å². The molecule has 126 valence electrons. The van der Waals surface area contributed by atoms with Gasteiger partial charge in [0, 0.05) is 11.6 Å². The van der Waals surface area contributed by atoms with Crippen molar-refractivity contribution in [1.82, 2.24) is 4.72 Å². The molecular formula is C17H17NO5S. The summed E-state index contributed by atoms with van der Waals surface area (Å²) in [5.41, 5.74) is 1.11. The number of fused-ring (bicyclic) bond motifs is 1. The molecule has 1 aliphatic rings. The zero-order valence-corrected chi connectivity index (χ0v) is 14.1. The average Bonchev–Trinajstić information content (AvgIpc) is 3.02. The Kier molecular flexibility index (Phi) is 4.29. The molecule has 1 unspecified atom stereocenters. The number of ether oxygens (including phenoxy) is 2. The van der Waals surface area contributed by atoms with Gasteiger partial charge in [0.15, 0.2) is 17.3 Å². The SMILES string of the molecule is CC(=O)c1cccc(S(=O)(=O)NC(C)c2ccc3c(c2)OCO3)c1. The first-order valence-corrected chi connectivity index (χ1v) is 8.88. The second kappa shape index (κ2) is 6.26. The molecule has 0 spiro atoms. The highest BCUT2D eigenvalue weighted by molar-refractivity contribution is 7.89. The molecule has 7 heteroatoms. The van der Waals surface area contributed by atoms with E-state index in [0.717, 1.165) is 5.56 Å². The topological polar surface area (TPSA) is 81.7 Å². The van der Waals surface area contributed by atoms with Gasteiger partial charge in [-0.3, -0.25) is 4.79 Å². The number of carbonyl (C=O) groups is 1. The van der Waals surface area contributed by atoms with Gasteiger partial charge in [-0.05, 0) is 43.7 Å². The summed E-state index contributed by atoms with van der Waals surface area (Å²) in [5, 5.41) is 0. The predicted octanol–water partition coefficient (Wildman–Crippen LogP) is 2.66. The van der Waals surface area contributed by atoms with Gasteiger partial charge >= 0.3 is 0 Å². The van der Waals surface area contributed by atoms with E-state index in [1.165, 1.54) is 19.1 Å². The van der Waals surface area contributed by atoms with Crippen LogP contribution in [0.15, 0.2) is 47.4 Å². The summed E-state index contributed by atoms with van der Waals surface area (Å²) in [6, 6.07) is 10.8. The molecule has 0 aromatic heterocycles. The summed E-state index contributed by atoms with van der Waals surface area (Å²) in [6.45, 7) is 3.30. The Bertz CT molecular complexity index is 892. The molecule has 1 aliphatic heterocycles. The van der Waals surface area contributed by atoms with Crippen molar-refractivity contribution in [2.75, 3.05) is 6.79 Å². The maximum absolute atomic E-state index is 12.5. The van der Waals surface area contributed by atoms with Crippen LogP contribution in [0, 0.1) is 0 Å². The lowest BCUT2D eigenvalue weighted by molar-refractivity contribution is 0.101. The molecule has 1 heterocycles. The number of hydrogen-bond acceptors (Lipinski definition) is 5. The third kappa shape index (κ3) is 3.27. The highest BCUT2D eigenvalue weighted by atomic mass is 32.2. The van der Waals surface area contributed by atoms with E-state index in [9.17, 15) is 13.2 Å². The summed E-state index contributed by atoms with van der Waals surface area (Å²) in [4.78, 5) is 11.5. The Labute approximate surface area is 140 Å². The zero-order chi connectivity index (χ0) is 17.3. The smallest absolute Gasteiger partial charge is 0.241 e. The maximum Gasteiger partial charge on any atom is 0.241 e. The number of nitrogens with one attached hydrogen (secondary N) is 1. The average molecular weight is 347 g/mol. The van der Waals surface area contributed by atoms with E-state index in [2.05, 4.69) is 4.72 Å². The van der Waals surface area contributed by atoms with E-state index in [4.69, 9.17) is 9.47 Å². The van der Waals surface area contributed by atoms with Crippen LogP contribution < -0.4 is 14.2 Å². The molecule has 24 heavy (non-hydrogen) atoms. The van der Waals surface area contributed by atoms with Crippen LogP contribution in [0.2, 0.25) is 0 Å². The molecule has 3 rings (SSSR count). The zero-order valence-electron chi connectivity index (χ0n) is 13.3. The van der Waals surface area contributed by atoms with Crippen LogP contribution >= 0.6 is 0 Å². The van der Waals surface area contributed by atoms with Crippen LogP contribution in [0.1, 0.15) is 35.8 Å². The predicted molar refractivity (Wildman–Crippen MR) is 87.7 cm³/mol. The monoisotopic (exact) mass is 347 g/mol. The Balaban J connectivity index is 1.83. The number of sulfonamides is 1. The van der Waals surface area contributed by atoms with Crippen molar-refractivity contribution in [2.24, 2.45) is 0 Å². The minimum absolute atomic E-state index is 0.0581. The van der Waals surface area contributed by atoms with Gasteiger partial charge in [-0.1, -0.05) is 18.2 Å². The van der Waals surface area contributed by atoms with Gasteiger partial charge in [-0.15, -0.1) is 0 Å². The fourth-order valence-electron chi connectivity index (χ4n) is 2.43. The number of ketones is 1. The first kappa shape index (κ1) is 16.5. The lowest BCUT2D eigenvalue weighted by Crippen LogP contribution is -2.27. The van der Waals surface area contributed by atoms with Crippen molar-refractivity contribution in [3.8, 4) is 11.5 Å². The van der Waals surface area contributed by atoms with Gasteiger partial charge in [-0.2, -0.15) is 0 Å². The van der Waals surface area contributed by atoms with E-state index in [1.807, 2.05) is 0 Å². The van der Waals surface area contributed by atoms with E-state index < -0.39 is 16.1 Å². The molecule has 1 N–H and O–H groups in total. The molecule has 0 saturated carbocycles. The van der Waals surface area contributed by atoms with Crippen LogP contribution in [-0.4, -0.2) is 21.0 Å². The number of benzene rings is 2. The van der Waals surface area contributed by atoms with Gasteiger partial charge < -0.3 is 9.47 Å². The fraction of sp³-hybridized carbons (Fsp3) is 0.235. The lowest BCUT2D eigenvalue weighted by atomic mass is 10.1. The van der Waals surface area contributed by atoms with Crippen molar-refractivity contribution in [3.05, 3.63) is 53.6 Å². The third-order valence-electron chi connectivity index (χ3n) is 3.78. The molecule has 0 aliphatic carbocycles. The highest BCUT2D eigenvalue weighted by Crippen LogP contribution is 2.34. The third-order valence-corrected chi connectivity index (χ3v) is 5.32. The molecule has 2 aromatic carbocycles. The standard InChI is InChI=1S/C17H17NO5S/c1-11(13-6-7-16-17(9-13)23-10-22-16)18-24(20,21)15-5-3-4-14(8-15)12(2)19/h3-9,11,18H,10H2,1-2H3. The highest BCUT2D eigenvalue weighted by Gasteiger charge is 2.21. The van der Waals surface area contributed by atoms with Gasteiger partial charge in [0.2, 0.25) is 16.8 Å². The normalized spacial score (nSPS) is 14.4. The van der Waals surface area contributed by atoms with Crippen LogP contribution in [0.4, 0.5) is 0 Å². The van der Waals surface area contributed by atoms with Crippen molar-refractivity contribution >= 4 is 15.8 Å². The first-order valence-electron chi connectivity index (χ1n) is 7.40. The van der Waals surface area contributed by atoms with E-state index >= 15 is 0 Å². The van der Waals surface area contributed by atoms with Gasteiger partial charge in [0.25, 0.3) is 0 Å². The molecule has 0 bridgehead atoms. The molecule has 0 amide bonds. The van der Waals surface area contributed by atoms with Crippen molar-refractivity contribution in [2.45, 2.75) is 24.8 Å². The van der Waals surface area contributed by atoms with Crippen LogP contribution in [-0.2, 0) is 10.0 Å². The fourth-order valence-corrected chi connectivity index (χ4v) is 3.71. The van der Waals surface area contributed by atoms with Crippen molar-refractivity contribution < 1.29 is 22.7 Å². The molecular weight excluding hydrogens is 330 g/mol. The van der Waals surface area contributed by atoms with Crippen LogP contribution in [0.3, 0.4) is 0 Å². The summed E-state index contributed by atoms with van der Waals surface area (Å²) < 4.78 is 38.3. The first-order chi connectivity index (χ1) is 11.4. The molecule has 6 nitrogen and oxygen atoms in total. The lowest BCUT2D eigenvalue weighted by Gasteiger charge is -2.15. The molecule has 0 radical (unpaired) electrons. The molecule has 0 saturated heterocycles. The van der Waals surface area contributed by atoms with E-state index in [1.54, 1.807) is 37.3 Å². The number of carbonyl (C=O) groups excluding carboxylic acids is 1. The van der Waals surface area contributed by atoms with Crippen LogP contribution in [0.25, 0.3) is 0 Å². The Morgan fingerprint density at radius 3 is 2.62 bits per heavy atom. The quantitative estimate of drug-likeness (QED) is 0.841. The second-order valence-electron chi connectivity index (χ2n) is 5.54. The van der Waals surface area contributed by atoms with Crippen molar-refractivity contribution in [3.63, 3.8) is 0 Å². The van der Waals surface area contributed by atoms with Gasteiger partial charge in [0.05, 0.1) is 4.90 Å². The number of hydrogen-bond donors (Lipinski definition) is 1. The maximum atomic E-state index is 12.5. The minimum Gasteiger partial charge on any atom is -0.454 e. The summed E-state index contributed by atoms with van der Waals surface area (Å²) >= 11 is 0. The Morgan fingerprint density at radius 2 is 1.88 bits per heavy atom. The summed E-state index contributed by atoms with van der Waals surface area (Å²) in [5.74, 6) is 1.05.